The summed E-state index contributed by atoms with van der Waals surface area (Å²) in [6.07, 6.45) is -6.06. The van der Waals surface area contributed by atoms with E-state index in [-0.39, 0.29) is 22.3 Å². The molecular weight excluding hydrogens is 483 g/mol. The van der Waals surface area contributed by atoms with Crippen LogP contribution in [0.5, 0.6) is 0 Å². The summed E-state index contributed by atoms with van der Waals surface area (Å²) < 4.78 is 74.7. The van der Waals surface area contributed by atoms with Crippen LogP contribution in [-0.4, -0.2) is 39.9 Å². The zero-order valence-corrected chi connectivity index (χ0v) is 17.9. The molecule has 0 saturated heterocycles. The summed E-state index contributed by atoms with van der Waals surface area (Å²) in [6, 6.07) is 2.86. The van der Waals surface area contributed by atoms with Gasteiger partial charge in [-0.3, -0.25) is 4.79 Å². The third kappa shape index (κ3) is 5.24. The molecule has 0 saturated carbocycles. The number of halogens is 6. The zero-order valence-electron chi connectivity index (χ0n) is 17.2. The van der Waals surface area contributed by atoms with Crippen LogP contribution in [0.15, 0.2) is 33.9 Å². The molecule has 0 radical (unpaired) electrons. The summed E-state index contributed by atoms with van der Waals surface area (Å²) in [7, 11) is 0. The van der Waals surface area contributed by atoms with E-state index in [1.807, 2.05) is 0 Å². The molecule has 1 heterocycles. The van der Waals surface area contributed by atoms with Gasteiger partial charge in [-0.25, -0.2) is 19.0 Å². The fourth-order valence-corrected chi connectivity index (χ4v) is 2.70. The van der Waals surface area contributed by atoms with E-state index < -0.39 is 57.8 Å². The minimum atomic E-state index is -6.06. The molecule has 8 nitrogen and oxygen atoms in total. The second-order valence-electron chi connectivity index (χ2n) is 7.02. The normalized spacial score (nSPS) is 12.4. The highest BCUT2D eigenvalue weighted by atomic mass is 35.5. The van der Waals surface area contributed by atoms with Crippen molar-refractivity contribution in [3.8, 4) is 5.69 Å². The van der Waals surface area contributed by atoms with E-state index in [0.29, 0.717) is 0 Å². The molecule has 33 heavy (non-hydrogen) atoms. The van der Waals surface area contributed by atoms with Gasteiger partial charge >= 0.3 is 29.7 Å². The van der Waals surface area contributed by atoms with Gasteiger partial charge in [0.1, 0.15) is 5.69 Å². The first kappa shape index (κ1) is 26.0. The van der Waals surface area contributed by atoms with E-state index in [1.165, 1.54) is 25.8 Å². The molecule has 180 valence electrons. The van der Waals surface area contributed by atoms with Crippen LogP contribution in [0.4, 0.5) is 22.0 Å². The van der Waals surface area contributed by atoms with Crippen LogP contribution in [0.2, 0.25) is 5.02 Å². The molecule has 0 unspecified atom stereocenters. The number of nitrogens with one attached hydrogen (secondary N) is 1. The molecule has 0 amide bonds. The Labute approximate surface area is 186 Å². The summed E-state index contributed by atoms with van der Waals surface area (Å²) in [5.74, 6) is -7.53. The van der Waals surface area contributed by atoms with Crippen molar-refractivity contribution in [2.45, 2.75) is 38.5 Å². The average molecular weight is 499 g/mol. The second kappa shape index (κ2) is 8.96. The van der Waals surface area contributed by atoms with Gasteiger partial charge in [0.05, 0.1) is 22.9 Å². The number of carbonyl (C=O) groups is 2. The smallest absolute Gasteiger partial charge is 0.459 e. The van der Waals surface area contributed by atoms with Crippen LogP contribution < -0.4 is 11.2 Å². The highest BCUT2D eigenvalue weighted by Crippen LogP contribution is 2.42. The van der Waals surface area contributed by atoms with Crippen LogP contribution in [0.25, 0.3) is 5.69 Å². The summed E-state index contributed by atoms with van der Waals surface area (Å²) >= 11 is 5.95. The number of carbonyl (C=O) groups excluding carboxylic acids is 2. The predicted molar refractivity (Wildman–Crippen MR) is 104 cm³/mol. The van der Waals surface area contributed by atoms with E-state index in [1.54, 1.807) is 0 Å². The molecule has 0 aliphatic rings. The van der Waals surface area contributed by atoms with E-state index in [2.05, 4.69) is 0 Å². The van der Waals surface area contributed by atoms with Crippen LogP contribution in [0.3, 0.4) is 0 Å². The highest BCUT2D eigenvalue weighted by Gasteiger charge is 2.59. The third-order valence-electron chi connectivity index (χ3n) is 4.17. The summed E-state index contributed by atoms with van der Waals surface area (Å²) in [6.45, 7) is 4.00. The number of esters is 2. The number of benzene rings is 1. The standard InChI is InChI=1S/C19H16ClF5N2O6/c1-4-32-15(30)17(2,3)33-14(29)10-7-9(5-6-11(10)20)27-13(28)8-12(26-16(27)31)18(21,22)19(23,24)25/h5-8H,4H2,1-3H3,(H,26,31). The third-order valence-corrected chi connectivity index (χ3v) is 4.50. The molecule has 0 aliphatic carbocycles. The van der Waals surface area contributed by atoms with Gasteiger partial charge in [0.2, 0.25) is 5.60 Å². The number of aromatic nitrogens is 2. The van der Waals surface area contributed by atoms with Crippen LogP contribution in [-0.2, 0) is 20.2 Å². The van der Waals surface area contributed by atoms with Crippen molar-refractivity contribution in [1.29, 1.82) is 0 Å². The number of hydrogen-bond acceptors (Lipinski definition) is 6. The summed E-state index contributed by atoms with van der Waals surface area (Å²) in [4.78, 5) is 50.2. The number of alkyl halides is 5. The second-order valence-corrected chi connectivity index (χ2v) is 7.43. The molecule has 2 aromatic rings. The van der Waals surface area contributed by atoms with Crippen LogP contribution in [0, 0.1) is 0 Å². The Morgan fingerprint density at radius 3 is 2.21 bits per heavy atom. The Morgan fingerprint density at radius 2 is 1.70 bits per heavy atom. The minimum absolute atomic E-state index is 0.00509. The first-order valence-corrected chi connectivity index (χ1v) is 9.42. The van der Waals surface area contributed by atoms with Gasteiger partial charge in [-0.2, -0.15) is 22.0 Å². The molecule has 0 fully saturated rings. The van der Waals surface area contributed by atoms with Crippen LogP contribution >= 0.6 is 11.6 Å². The van der Waals surface area contributed by atoms with E-state index in [0.717, 1.165) is 18.2 Å². The van der Waals surface area contributed by atoms with Gasteiger partial charge in [-0.05, 0) is 39.0 Å². The molecule has 14 heteroatoms. The molecule has 1 aromatic heterocycles. The number of ether oxygens (including phenoxy) is 2. The lowest BCUT2D eigenvalue weighted by atomic mass is 10.1. The lowest BCUT2D eigenvalue weighted by Crippen LogP contribution is -2.41. The van der Waals surface area contributed by atoms with Gasteiger partial charge in [0, 0.05) is 6.07 Å². The van der Waals surface area contributed by atoms with Gasteiger partial charge in [-0.15, -0.1) is 0 Å². The highest BCUT2D eigenvalue weighted by molar-refractivity contribution is 6.33. The number of H-pyrrole nitrogens is 1. The van der Waals surface area contributed by atoms with Crippen molar-refractivity contribution in [2.75, 3.05) is 6.61 Å². The molecule has 0 spiro atoms. The quantitative estimate of drug-likeness (QED) is 0.483. The number of nitrogens with zero attached hydrogens (tertiary/aromatic N) is 1. The SMILES string of the molecule is CCOC(=O)C(C)(C)OC(=O)c1cc(-n2c(=O)cc(C(F)(F)C(F)(F)F)[nH]c2=O)ccc1Cl. The average Bonchev–Trinajstić information content (AvgIpc) is 2.67. The van der Waals surface area contributed by atoms with E-state index in [9.17, 15) is 41.1 Å². The van der Waals surface area contributed by atoms with Crippen molar-refractivity contribution in [1.82, 2.24) is 9.55 Å². The Hall–Kier alpha value is -3.22. The summed E-state index contributed by atoms with van der Waals surface area (Å²) in [5, 5.41) is -0.229. The fourth-order valence-electron chi connectivity index (χ4n) is 2.50. The van der Waals surface area contributed by atoms with Crippen molar-refractivity contribution < 1.29 is 41.0 Å². The molecule has 0 atom stereocenters. The Bertz CT molecular complexity index is 1170. The number of hydrogen-bond donors (Lipinski definition) is 1. The zero-order chi connectivity index (χ0) is 25.4. The largest absolute Gasteiger partial charge is 0.463 e. The van der Waals surface area contributed by atoms with Crippen molar-refractivity contribution in [2.24, 2.45) is 0 Å². The Morgan fingerprint density at radius 1 is 1.09 bits per heavy atom. The molecule has 1 aromatic carbocycles. The maximum absolute atomic E-state index is 13.5. The topological polar surface area (TPSA) is 107 Å². The molecule has 1 N–H and O–H groups in total. The van der Waals surface area contributed by atoms with Gasteiger partial charge < -0.3 is 14.5 Å². The van der Waals surface area contributed by atoms with Crippen molar-refractivity contribution in [3.63, 3.8) is 0 Å². The summed E-state index contributed by atoms with van der Waals surface area (Å²) in [5.41, 5.74) is -7.69. The monoisotopic (exact) mass is 498 g/mol. The van der Waals surface area contributed by atoms with Crippen LogP contribution in [0.1, 0.15) is 36.8 Å². The van der Waals surface area contributed by atoms with Gasteiger partial charge in [0.25, 0.3) is 5.56 Å². The Balaban J connectivity index is 2.52. The molecule has 0 bridgehead atoms. The molecular formula is C19H16ClF5N2O6. The molecule has 2 rings (SSSR count). The van der Waals surface area contributed by atoms with Gasteiger partial charge in [-0.1, -0.05) is 11.6 Å². The van der Waals surface area contributed by atoms with Crippen molar-refractivity contribution >= 4 is 23.5 Å². The maximum atomic E-state index is 13.5. The molecule has 0 aliphatic heterocycles. The lowest BCUT2D eigenvalue weighted by molar-refractivity contribution is -0.291. The lowest BCUT2D eigenvalue weighted by Gasteiger charge is -2.23. The maximum Gasteiger partial charge on any atom is 0.459 e. The first-order valence-electron chi connectivity index (χ1n) is 9.04. The number of aromatic amines is 1. The van der Waals surface area contributed by atoms with E-state index in [4.69, 9.17) is 21.1 Å². The predicted octanol–water partition coefficient (Wildman–Crippen LogP) is 3.33. The fraction of sp³-hybridized carbons (Fsp3) is 0.368. The van der Waals surface area contributed by atoms with Crippen molar-refractivity contribution in [3.05, 3.63) is 61.4 Å². The van der Waals surface area contributed by atoms with Gasteiger partial charge in [0.15, 0.2) is 0 Å². The minimum Gasteiger partial charge on any atom is -0.463 e. The van der Waals surface area contributed by atoms with E-state index >= 15 is 0 Å². The Kier molecular flexibility index (Phi) is 7.07. The number of rotatable bonds is 6. The first-order chi connectivity index (χ1) is 15.0.